The minimum atomic E-state index is 0.261. The maximum atomic E-state index is 10.3. The van der Waals surface area contributed by atoms with E-state index in [1.807, 2.05) is 12.1 Å². The van der Waals surface area contributed by atoms with E-state index in [1.165, 1.54) is 0 Å². The van der Waals surface area contributed by atoms with E-state index in [9.17, 15) is 5.11 Å². The summed E-state index contributed by atoms with van der Waals surface area (Å²) in [5, 5.41) is 13.6. The first-order chi connectivity index (χ1) is 8.25. The van der Waals surface area contributed by atoms with Gasteiger partial charge in [0.05, 0.1) is 0 Å². The number of nitrogens with zero attached hydrogens (tertiary/aromatic N) is 1. The molecule has 1 aromatic carbocycles. The van der Waals surface area contributed by atoms with Crippen molar-refractivity contribution in [3.63, 3.8) is 0 Å². The molecule has 4 heteroatoms. The minimum absolute atomic E-state index is 0.261. The van der Waals surface area contributed by atoms with Gasteiger partial charge in [-0.15, -0.1) is 0 Å². The molecule has 1 atom stereocenters. The lowest BCUT2D eigenvalue weighted by Crippen LogP contribution is -2.28. The third-order valence-corrected chi connectivity index (χ3v) is 3.41. The second-order valence-corrected chi connectivity index (χ2v) is 4.63. The second kappa shape index (κ2) is 4.04. The van der Waals surface area contributed by atoms with Crippen LogP contribution in [0.15, 0.2) is 16.5 Å². The van der Waals surface area contributed by atoms with Gasteiger partial charge in [0.1, 0.15) is 5.52 Å². The Kier molecular flexibility index (Phi) is 2.52. The molecule has 0 radical (unpaired) electrons. The molecular weight excluding hydrogens is 216 g/mol. The Labute approximate surface area is 99.7 Å². The van der Waals surface area contributed by atoms with Gasteiger partial charge in [0.2, 0.25) is 0 Å². The van der Waals surface area contributed by atoms with Crippen LogP contribution in [0.1, 0.15) is 30.2 Å². The number of fused-ring (bicyclic) bond motifs is 1. The van der Waals surface area contributed by atoms with Crippen LogP contribution < -0.4 is 5.32 Å². The molecule has 0 bridgehead atoms. The van der Waals surface area contributed by atoms with Gasteiger partial charge in [-0.3, -0.25) is 0 Å². The van der Waals surface area contributed by atoms with Crippen molar-refractivity contribution in [3.05, 3.63) is 23.6 Å². The normalized spacial score (nSPS) is 20.9. The Morgan fingerprint density at radius 3 is 3.12 bits per heavy atom. The van der Waals surface area contributed by atoms with Crippen molar-refractivity contribution in [3.8, 4) is 5.75 Å². The summed E-state index contributed by atoms with van der Waals surface area (Å²) in [6.45, 7) is 3.79. The number of aromatic hydroxyl groups is 1. The molecule has 4 nitrogen and oxygen atoms in total. The lowest BCUT2D eigenvalue weighted by atomic mass is 9.91. The standard InChI is InChI=1S/C13H16N2O2/c1-8-15-11-5-4-10(12(16)13(11)17-8)9-3-2-6-14-7-9/h4-5,9,14,16H,2-3,6-7H2,1H3. The maximum Gasteiger partial charge on any atom is 0.196 e. The highest BCUT2D eigenvalue weighted by atomic mass is 16.4. The first-order valence-corrected chi connectivity index (χ1v) is 6.05. The zero-order valence-electron chi connectivity index (χ0n) is 9.86. The van der Waals surface area contributed by atoms with E-state index in [1.54, 1.807) is 6.92 Å². The van der Waals surface area contributed by atoms with Crippen molar-refractivity contribution in [2.24, 2.45) is 0 Å². The van der Waals surface area contributed by atoms with E-state index in [-0.39, 0.29) is 5.75 Å². The lowest BCUT2D eigenvalue weighted by Gasteiger charge is -2.23. The summed E-state index contributed by atoms with van der Waals surface area (Å²) in [7, 11) is 0. The summed E-state index contributed by atoms with van der Waals surface area (Å²) in [4.78, 5) is 4.22. The van der Waals surface area contributed by atoms with Crippen molar-refractivity contribution < 1.29 is 9.52 Å². The minimum Gasteiger partial charge on any atom is -0.504 e. The second-order valence-electron chi connectivity index (χ2n) is 4.63. The van der Waals surface area contributed by atoms with Crippen LogP contribution in [0.4, 0.5) is 0 Å². The molecule has 2 heterocycles. The fourth-order valence-electron chi connectivity index (χ4n) is 2.55. The number of aromatic nitrogens is 1. The van der Waals surface area contributed by atoms with Crippen LogP contribution in [0.5, 0.6) is 5.75 Å². The first-order valence-electron chi connectivity index (χ1n) is 6.05. The summed E-state index contributed by atoms with van der Waals surface area (Å²) in [6.07, 6.45) is 2.26. The Hall–Kier alpha value is -1.55. The first kappa shape index (κ1) is 10.6. The summed E-state index contributed by atoms with van der Waals surface area (Å²) in [6, 6.07) is 3.90. The highest BCUT2D eigenvalue weighted by Gasteiger charge is 2.21. The molecule has 3 rings (SSSR count). The van der Waals surface area contributed by atoms with Gasteiger partial charge in [-0.05, 0) is 25.5 Å². The van der Waals surface area contributed by atoms with Crippen LogP contribution in [-0.2, 0) is 0 Å². The van der Waals surface area contributed by atoms with Crippen molar-refractivity contribution >= 4 is 11.1 Å². The smallest absolute Gasteiger partial charge is 0.196 e. The quantitative estimate of drug-likeness (QED) is 0.792. The average Bonchev–Trinajstić information content (AvgIpc) is 2.72. The van der Waals surface area contributed by atoms with E-state index in [4.69, 9.17) is 4.42 Å². The molecule has 2 aromatic rings. The van der Waals surface area contributed by atoms with Crippen LogP contribution >= 0.6 is 0 Å². The SMILES string of the molecule is Cc1nc2ccc(C3CCCNC3)c(O)c2o1. The van der Waals surface area contributed by atoms with E-state index < -0.39 is 0 Å². The number of rotatable bonds is 1. The zero-order chi connectivity index (χ0) is 11.8. The molecular formula is C13H16N2O2. The number of oxazole rings is 1. The van der Waals surface area contributed by atoms with Gasteiger partial charge in [-0.2, -0.15) is 0 Å². The summed E-state index contributed by atoms with van der Waals surface area (Å²) < 4.78 is 5.45. The third-order valence-electron chi connectivity index (χ3n) is 3.41. The molecule has 1 aliphatic rings. The molecule has 1 aliphatic heterocycles. The molecule has 90 valence electrons. The molecule has 1 fully saturated rings. The molecule has 0 saturated carbocycles. The zero-order valence-corrected chi connectivity index (χ0v) is 9.86. The summed E-state index contributed by atoms with van der Waals surface area (Å²) >= 11 is 0. The van der Waals surface area contributed by atoms with Crippen molar-refractivity contribution in [2.75, 3.05) is 13.1 Å². The van der Waals surface area contributed by atoms with Gasteiger partial charge in [-0.25, -0.2) is 4.98 Å². The molecule has 17 heavy (non-hydrogen) atoms. The van der Waals surface area contributed by atoms with Crippen LogP contribution in [0, 0.1) is 6.92 Å². The number of phenolic OH excluding ortho intramolecular Hbond substituents is 1. The van der Waals surface area contributed by atoms with E-state index >= 15 is 0 Å². The monoisotopic (exact) mass is 232 g/mol. The van der Waals surface area contributed by atoms with Gasteiger partial charge in [0.25, 0.3) is 0 Å². The Morgan fingerprint density at radius 2 is 2.35 bits per heavy atom. The number of phenols is 1. The topological polar surface area (TPSA) is 58.3 Å². The van der Waals surface area contributed by atoms with Crippen LogP contribution in [0.25, 0.3) is 11.1 Å². The summed E-state index contributed by atoms with van der Waals surface area (Å²) in [5.41, 5.74) is 2.22. The predicted molar refractivity (Wildman–Crippen MR) is 65.3 cm³/mol. The maximum absolute atomic E-state index is 10.3. The molecule has 0 spiro atoms. The van der Waals surface area contributed by atoms with E-state index in [0.717, 1.165) is 37.0 Å². The van der Waals surface area contributed by atoms with Crippen LogP contribution in [0.3, 0.4) is 0 Å². The summed E-state index contributed by atoms with van der Waals surface area (Å²) in [5.74, 6) is 1.23. The van der Waals surface area contributed by atoms with Crippen molar-refractivity contribution in [1.29, 1.82) is 0 Å². The van der Waals surface area contributed by atoms with Gasteiger partial charge in [0, 0.05) is 24.9 Å². The molecule has 2 N–H and O–H groups in total. The largest absolute Gasteiger partial charge is 0.504 e. The van der Waals surface area contributed by atoms with Crippen molar-refractivity contribution in [1.82, 2.24) is 10.3 Å². The molecule has 0 amide bonds. The number of hydrogen-bond donors (Lipinski definition) is 2. The average molecular weight is 232 g/mol. The van der Waals surface area contributed by atoms with Crippen LogP contribution in [0.2, 0.25) is 0 Å². The molecule has 1 unspecified atom stereocenters. The predicted octanol–water partition coefficient (Wildman–Crippen LogP) is 2.31. The van der Waals surface area contributed by atoms with Gasteiger partial charge in [0.15, 0.2) is 17.2 Å². The van der Waals surface area contributed by atoms with Crippen LogP contribution in [-0.4, -0.2) is 23.2 Å². The Balaban J connectivity index is 2.06. The van der Waals surface area contributed by atoms with Gasteiger partial charge >= 0.3 is 0 Å². The fraction of sp³-hybridized carbons (Fsp3) is 0.462. The lowest BCUT2D eigenvalue weighted by molar-refractivity contribution is 0.420. The van der Waals surface area contributed by atoms with E-state index in [2.05, 4.69) is 10.3 Å². The van der Waals surface area contributed by atoms with Gasteiger partial charge in [-0.1, -0.05) is 6.07 Å². The Morgan fingerprint density at radius 1 is 1.47 bits per heavy atom. The molecule has 0 aliphatic carbocycles. The number of aryl methyl sites for hydroxylation is 1. The highest BCUT2D eigenvalue weighted by Crippen LogP contribution is 2.36. The van der Waals surface area contributed by atoms with Crippen molar-refractivity contribution in [2.45, 2.75) is 25.7 Å². The number of benzene rings is 1. The number of nitrogens with one attached hydrogen (secondary N) is 1. The molecule has 1 aromatic heterocycles. The number of hydrogen-bond acceptors (Lipinski definition) is 4. The van der Waals surface area contributed by atoms with E-state index in [0.29, 0.717) is 17.4 Å². The highest BCUT2D eigenvalue weighted by molar-refractivity contribution is 5.81. The fourth-order valence-corrected chi connectivity index (χ4v) is 2.55. The van der Waals surface area contributed by atoms with Gasteiger partial charge < -0.3 is 14.8 Å². The Bertz CT molecular complexity index is 542. The third kappa shape index (κ3) is 1.78. The number of piperidine rings is 1. The molecule has 1 saturated heterocycles.